The summed E-state index contributed by atoms with van der Waals surface area (Å²) < 4.78 is 19.6. The molecule has 106 valence electrons. The highest BCUT2D eigenvalue weighted by molar-refractivity contribution is 5.70. The Morgan fingerprint density at radius 3 is 2.33 bits per heavy atom. The zero-order valence-electron chi connectivity index (χ0n) is 11.3. The van der Waals surface area contributed by atoms with Gasteiger partial charge in [-0.05, 0) is 48.5 Å². The van der Waals surface area contributed by atoms with Gasteiger partial charge in [0.1, 0.15) is 17.3 Å². The molecule has 21 heavy (non-hydrogen) atoms. The largest absolute Gasteiger partial charge is 0.497 e. The average Bonchev–Trinajstić information content (AvgIpc) is 2.90. The highest BCUT2D eigenvalue weighted by Crippen LogP contribution is 2.26. The summed E-state index contributed by atoms with van der Waals surface area (Å²) in [5, 5.41) is 8.12. The lowest BCUT2D eigenvalue weighted by Crippen LogP contribution is -2.02. The molecule has 3 rings (SSSR count). The third-order valence-electron chi connectivity index (χ3n) is 3.14. The molecule has 0 amide bonds. The second kappa shape index (κ2) is 5.24. The van der Waals surface area contributed by atoms with Gasteiger partial charge in [0.05, 0.1) is 12.8 Å². The third kappa shape index (κ3) is 2.43. The van der Waals surface area contributed by atoms with Gasteiger partial charge >= 0.3 is 0 Å². The third-order valence-corrected chi connectivity index (χ3v) is 3.14. The minimum absolute atomic E-state index is 0.306. The highest BCUT2D eigenvalue weighted by atomic mass is 19.1. The van der Waals surface area contributed by atoms with E-state index in [1.54, 1.807) is 19.2 Å². The topological polar surface area (TPSA) is 66.0 Å². The van der Waals surface area contributed by atoms with Crippen molar-refractivity contribution in [2.24, 2.45) is 0 Å². The molecule has 5 nitrogen and oxygen atoms in total. The van der Waals surface area contributed by atoms with Crippen molar-refractivity contribution in [3.05, 3.63) is 54.3 Å². The molecule has 2 aromatic carbocycles. The Balaban J connectivity index is 2.00. The molecule has 0 unspecified atom stereocenters. The van der Waals surface area contributed by atoms with Gasteiger partial charge < -0.3 is 10.5 Å². The van der Waals surface area contributed by atoms with Crippen LogP contribution in [0.15, 0.2) is 48.5 Å². The fourth-order valence-corrected chi connectivity index (χ4v) is 2.02. The fraction of sp³-hybridized carbons (Fsp3) is 0.0667. The predicted molar refractivity (Wildman–Crippen MR) is 77.7 cm³/mol. The molecule has 0 atom stereocenters. The monoisotopic (exact) mass is 284 g/mol. The molecule has 0 aliphatic carbocycles. The first-order valence-corrected chi connectivity index (χ1v) is 6.30. The average molecular weight is 284 g/mol. The van der Waals surface area contributed by atoms with Crippen LogP contribution < -0.4 is 10.5 Å². The lowest BCUT2D eigenvalue weighted by atomic mass is 10.1. The predicted octanol–water partition coefficient (Wildman–Crippen LogP) is 2.66. The Bertz CT molecular complexity index is 750. The van der Waals surface area contributed by atoms with Gasteiger partial charge in [-0.15, -0.1) is 5.10 Å². The van der Waals surface area contributed by atoms with E-state index in [1.165, 1.54) is 16.8 Å². The summed E-state index contributed by atoms with van der Waals surface area (Å²) in [5.41, 5.74) is 8.10. The van der Waals surface area contributed by atoms with Crippen molar-refractivity contribution < 1.29 is 9.13 Å². The Morgan fingerprint density at radius 2 is 1.71 bits per heavy atom. The molecule has 0 spiro atoms. The van der Waals surface area contributed by atoms with Gasteiger partial charge in [0.25, 0.3) is 0 Å². The minimum atomic E-state index is -0.306. The summed E-state index contributed by atoms with van der Waals surface area (Å²) in [6.07, 6.45) is 0. The molecule has 0 saturated carbocycles. The molecule has 6 heteroatoms. The number of hydrogen-bond acceptors (Lipinski definition) is 4. The maximum Gasteiger partial charge on any atom is 0.155 e. The number of aromatic nitrogens is 3. The van der Waals surface area contributed by atoms with Crippen LogP contribution in [0.4, 0.5) is 10.2 Å². The van der Waals surface area contributed by atoms with E-state index in [0.29, 0.717) is 17.1 Å². The molecule has 1 heterocycles. The van der Waals surface area contributed by atoms with Crippen LogP contribution in [0.25, 0.3) is 16.9 Å². The summed E-state index contributed by atoms with van der Waals surface area (Å²) in [6.45, 7) is 0. The number of methoxy groups -OCH3 is 1. The van der Waals surface area contributed by atoms with Gasteiger partial charge in [-0.1, -0.05) is 5.21 Å². The van der Waals surface area contributed by atoms with Crippen LogP contribution in [-0.4, -0.2) is 22.1 Å². The SMILES string of the molecule is COc1ccc(-n2nnc(-c3ccc(F)cc3)c2N)cc1. The van der Waals surface area contributed by atoms with Crippen molar-refractivity contribution in [2.75, 3.05) is 12.8 Å². The molecule has 0 saturated heterocycles. The first-order chi connectivity index (χ1) is 10.2. The van der Waals surface area contributed by atoms with E-state index in [2.05, 4.69) is 10.3 Å². The summed E-state index contributed by atoms with van der Waals surface area (Å²) in [4.78, 5) is 0. The lowest BCUT2D eigenvalue weighted by molar-refractivity contribution is 0.414. The Kier molecular flexibility index (Phi) is 3.27. The van der Waals surface area contributed by atoms with Crippen molar-refractivity contribution >= 4 is 5.82 Å². The van der Waals surface area contributed by atoms with Crippen molar-refractivity contribution in [3.63, 3.8) is 0 Å². The number of hydrogen-bond donors (Lipinski definition) is 1. The Morgan fingerprint density at radius 1 is 1.05 bits per heavy atom. The van der Waals surface area contributed by atoms with Crippen molar-refractivity contribution in [1.29, 1.82) is 0 Å². The van der Waals surface area contributed by atoms with Crippen LogP contribution in [0.2, 0.25) is 0 Å². The van der Waals surface area contributed by atoms with Crippen LogP contribution in [0, 0.1) is 5.82 Å². The Labute approximate surface area is 120 Å². The number of ether oxygens (including phenoxy) is 1. The van der Waals surface area contributed by atoms with Crippen molar-refractivity contribution in [1.82, 2.24) is 15.0 Å². The number of benzene rings is 2. The van der Waals surface area contributed by atoms with Gasteiger partial charge in [-0.3, -0.25) is 0 Å². The molecule has 3 aromatic rings. The van der Waals surface area contributed by atoms with Crippen LogP contribution in [-0.2, 0) is 0 Å². The maximum absolute atomic E-state index is 13.0. The number of halogens is 1. The van der Waals surface area contributed by atoms with Gasteiger partial charge in [0.15, 0.2) is 5.82 Å². The normalized spacial score (nSPS) is 10.6. The van der Waals surface area contributed by atoms with E-state index in [0.717, 1.165) is 11.4 Å². The van der Waals surface area contributed by atoms with Crippen LogP contribution in [0.3, 0.4) is 0 Å². The van der Waals surface area contributed by atoms with E-state index >= 15 is 0 Å². The number of nitrogen functional groups attached to an aromatic ring is 1. The first kappa shape index (κ1) is 13.1. The number of anilines is 1. The molecular formula is C15H13FN4O. The van der Waals surface area contributed by atoms with E-state index in [1.807, 2.05) is 24.3 Å². The molecule has 2 N–H and O–H groups in total. The molecule has 0 bridgehead atoms. The standard InChI is InChI=1S/C15H13FN4O/c1-21-13-8-6-12(7-9-13)20-15(17)14(18-19-20)10-2-4-11(16)5-3-10/h2-9H,17H2,1H3. The molecule has 0 fully saturated rings. The summed E-state index contributed by atoms with van der Waals surface area (Å²) >= 11 is 0. The van der Waals surface area contributed by atoms with Crippen molar-refractivity contribution in [2.45, 2.75) is 0 Å². The quantitative estimate of drug-likeness (QED) is 0.803. The highest BCUT2D eigenvalue weighted by Gasteiger charge is 2.13. The number of nitrogens with zero attached hydrogens (tertiary/aromatic N) is 3. The minimum Gasteiger partial charge on any atom is -0.497 e. The van der Waals surface area contributed by atoms with E-state index in [4.69, 9.17) is 10.5 Å². The molecule has 0 aliphatic rings. The summed E-state index contributed by atoms with van der Waals surface area (Å²) in [5.74, 6) is 0.836. The molecular weight excluding hydrogens is 271 g/mol. The number of rotatable bonds is 3. The lowest BCUT2D eigenvalue weighted by Gasteiger charge is -2.05. The molecule has 0 aliphatic heterocycles. The van der Waals surface area contributed by atoms with E-state index in [9.17, 15) is 4.39 Å². The zero-order valence-corrected chi connectivity index (χ0v) is 11.3. The second-order valence-corrected chi connectivity index (χ2v) is 4.44. The summed E-state index contributed by atoms with van der Waals surface area (Å²) in [7, 11) is 1.60. The first-order valence-electron chi connectivity index (χ1n) is 6.30. The summed E-state index contributed by atoms with van der Waals surface area (Å²) in [6, 6.07) is 13.3. The second-order valence-electron chi connectivity index (χ2n) is 4.44. The van der Waals surface area contributed by atoms with E-state index < -0.39 is 0 Å². The molecule has 1 aromatic heterocycles. The van der Waals surface area contributed by atoms with Gasteiger partial charge in [-0.2, -0.15) is 4.68 Å². The zero-order chi connectivity index (χ0) is 14.8. The van der Waals surface area contributed by atoms with Gasteiger partial charge in [0.2, 0.25) is 0 Å². The van der Waals surface area contributed by atoms with Crippen LogP contribution >= 0.6 is 0 Å². The van der Waals surface area contributed by atoms with Gasteiger partial charge in [-0.25, -0.2) is 4.39 Å². The number of nitrogens with two attached hydrogens (primary N) is 1. The van der Waals surface area contributed by atoms with Gasteiger partial charge in [0, 0.05) is 5.56 Å². The Hall–Kier alpha value is -2.89. The fourth-order valence-electron chi connectivity index (χ4n) is 2.02. The van der Waals surface area contributed by atoms with Crippen LogP contribution in [0.5, 0.6) is 5.75 Å². The maximum atomic E-state index is 13.0. The smallest absolute Gasteiger partial charge is 0.155 e. The van der Waals surface area contributed by atoms with Crippen molar-refractivity contribution in [3.8, 4) is 22.7 Å². The molecule has 0 radical (unpaired) electrons. The van der Waals surface area contributed by atoms with Crippen LogP contribution in [0.1, 0.15) is 0 Å². The van der Waals surface area contributed by atoms with E-state index in [-0.39, 0.29) is 5.82 Å².